The molecule has 3 aromatic rings. The Morgan fingerprint density at radius 1 is 1.13 bits per heavy atom. The van der Waals surface area contributed by atoms with Gasteiger partial charge in [0.15, 0.2) is 0 Å². The van der Waals surface area contributed by atoms with E-state index in [4.69, 9.17) is 14.9 Å². The fourth-order valence-corrected chi connectivity index (χ4v) is 6.72. The van der Waals surface area contributed by atoms with Gasteiger partial charge in [0.25, 0.3) is 0 Å². The quantitative estimate of drug-likeness (QED) is 0.456. The Balaban J connectivity index is 1.47. The standard InChI is InChI=1S/C28H25F3N6O2/c1-14(2)27(20(10-32)22(33)39-23-21(27)15(3)34-36-23)18-7-17(8-19(9-18)28(29,30)31)5-6-25-11-26(12-25,13-25)24-37-35-16(4)38-24/h7-9,14H,11-13,33H2,1-4H3,(H,34,36). The molecule has 39 heavy (non-hydrogen) atoms. The summed E-state index contributed by atoms with van der Waals surface area (Å²) in [6, 6.07) is 5.86. The van der Waals surface area contributed by atoms with Crippen molar-refractivity contribution >= 4 is 0 Å². The number of alkyl halides is 3. The Labute approximate surface area is 222 Å². The number of fused-ring (bicyclic) bond motifs is 1. The van der Waals surface area contributed by atoms with E-state index in [0.29, 0.717) is 23.0 Å². The number of aromatic nitrogens is 4. The lowest BCUT2D eigenvalue weighted by Gasteiger charge is -2.66. The second kappa shape index (κ2) is 7.89. The maximum atomic E-state index is 14.2. The topological polar surface area (TPSA) is 127 Å². The molecule has 3 N–H and O–H groups in total. The number of hydrogen-bond donors (Lipinski definition) is 2. The molecular weight excluding hydrogens is 509 g/mol. The summed E-state index contributed by atoms with van der Waals surface area (Å²) >= 11 is 0. The zero-order valence-electron chi connectivity index (χ0n) is 21.7. The van der Waals surface area contributed by atoms with Crippen molar-refractivity contribution < 1.29 is 22.3 Å². The monoisotopic (exact) mass is 534 g/mol. The maximum absolute atomic E-state index is 14.2. The Kier molecular flexibility index (Phi) is 5.07. The van der Waals surface area contributed by atoms with Crippen LogP contribution in [0.5, 0.6) is 5.88 Å². The molecule has 0 saturated heterocycles. The van der Waals surface area contributed by atoms with E-state index in [9.17, 15) is 18.4 Å². The number of nitrogens with one attached hydrogen (secondary N) is 1. The number of rotatable bonds is 3. The number of allylic oxidation sites excluding steroid dienone is 1. The predicted molar refractivity (Wildman–Crippen MR) is 132 cm³/mol. The van der Waals surface area contributed by atoms with Gasteiger partial charge in [-0.25, -0.2) is 0 Å². The van der Waals surface area contributed by atoms with E-state index in [1.165, 1.54) is 0 Å². The molecule has 0 spiro atoms. The molecule has 3 fully saturated rings. The smallest absolute Gasteiger partial charge is 0.416 e. The first-order valence-electron chi connectivity index (χ1n) is 12.5. The molecule has 1 atom stereocenters. The predicted octanol–water partition coefficient (Wildman–Crippen LogP) is 4.93. The fourth-order valence-electron chi connectivity index (χ4n) is 6.72. The molecule has 1 aromatic carbocycles. The largest absolute Gasteiger partial charge is 0.425 e. The van der Waals surface area contributed by atoms with Crippen LogP contribution in [0.2, 0.25) is 0 Å². The van der Waals surface area contributed by atoms with Crippen molar-refractivity contribution in [2.75, 3.05) is 0 Å². The number of hydrogen-bond acceptors (Lipinski definition) is 7. The second-order valence-electron chi connectivity index (χ2n) is 11.2. The van der Waals surface area contributed by atoms with Crippen molar-refractivity contribution in [3.8, 4) is 23.8 Å². The molecule has 1 aliphatic heterocycles. The average molecular weight is 535 g/mol. The van der Waals surface area contributed by atoms with Crippen LogP contribution in [0.25, 0.3) is 0 Å². The van der Waals surface area contributed by atoms with Gasteiger partial charge in [-0.1, -0.05) is 25.7 Å². The van der Waals surface area contributed by atoms with Gasteiger partial charge in [0.05, 0.1) is 22.0 Å². The molecule has 2 aromatic heterocycles. The summed E-state index contributed by atoms with van der Waals surface area (Å²) in [6.07, 6.45) is -2.46. The molecule has 0 radical (unpaired) electrons. The van der Waals surface area contributed by atoms with Gasteiger partial charge in [0.1, 0.15) is 11.6 Å². The van der Waals surface area contributed by atoms with Gasteiger partial charge in [-0.2, -0.15) is 18.4 Å². The van der Waals surface area contributed by atoms with Gasteiger partial charge >= 0.3 is 6.18 Å². The van der Waals surface area contributed by atoms with E-state index in [-0.39, 0.29) is 45.2 Å². The highest BCUT2D eigenvalue weighted by molar-refractivity contribution is 5.63. The molecule has 4 aliphatic rings. The molecule has 200 valence electrons. The van der Waals surface area contributed by atoms with E-state index in [1.807, 2.05) is 13.8 Å². The minimum Gasteiger partial charge on any atom is -0.425 e. The SMILES string of the molecule is Cc1nnc(C23CC(C#Cc4cc(C(F)(F)F)cc(C5(C(C)C)C(C#N)=C(N)Oc6n[nH]c(C)c65)c4)(C2)C3)o1. The third kappa shape index (κ3) is 3.42. The van der Waals surface area contributed by atoms with Crippen LogP contribution in [0.15, 0.2) is 34.1 Å². The Bertz CT molecular complexity index is 1640. The maximum Gasteiger partial charge on any atom is 0.416 e. The summed E-state index contributed by atoms with van der Waals surface area (Å²) in [7, 11) is 0. The number of nitrogens with zero attached hydrogens (tertiary/aromatic N) is 4. The summed E-state index contributed by atoms with van der Waals surface area (Å²) < 4.78 is 53.8. The van der Waals surface area contributed by atoms with Crippen LogP contribution >= 0.6 is 0 Å². The average Bonchev–Trinajstić information content (AvgIpc) is 3.41. The van der Waals surface area contributed by atoms with E-state index < -0.39 is 17.2 Å². The molecule has 3 saturated carbocycles. The zero-order valence-corrected chi connectivity index (χ0v) is 21.7. The summed E-state index contributed by atoms with van der Waals surface area (Å²) in [4.78, 5) is 0. The molecule has 7 rings (SSSR count). The van der Waals surface area contributed by atoms with E-state index in [2.05, 4.69) is 38.3 Å². The lowest BCUT2D eigenvalue weighted by atomic mass is 9.35. The van der Waals surface area contributed by atoms with E-state index in [0.717, 1.165) is 31.4 Å². The van der Waals surface area contributed by atoms with Crippen LogP contribution in [0, 0.1) is 48.4 Å². The Hall–Kier alpha value is -4.25. The highest BCUT2D eigenvalue weighted by Gasteiger charge is 2.70. The number of halogens is 3. The molecule has 2 bridgehead atoms. The minimum absolute atomic E-state index is 0.0314. The minimum atomic E-state index is -4.64. The van der Waals surface area contributed by atoms with Gasteiger partial charge in [0, 0.05) is 23.6 Å². The van der Waals surface area contributed by atoms with Crippen LogP contribution < -0.4 is 10.5 Å². The molecule has 3 aliphatic carbocycles. The van der Waals surface area contributed by atoms with Crippen LogP contribution in [-0.2, 0) is 17.0 Å². The fraction of sp³-hybridized carbons (Fsp3) is 0.429. The normalized spacial score (nSPS) is 27.1. The summed E-state index contributed by atoms with van der Waals surface area (Å²) in [5, 5.41) is 25.2. The summed E-state index contributed by atoms with van der Waals surface area (Å²) in [5.41, 5.74) is 5.02. The van der Waals surface area contributed by atoms with Crippen molar-refractivity contribution in [2.24, 2.45) is 17.1 Å². The lowest BCUT2D eigenvalue weighted by Crippen LogP contribution is -2.64. The van der Waals surface area contributed by atoms with Crippen molar-refractivity contribution in [3.63, 3.8) is 0 Å². The van der Waals surface area contributed by atoms with Gasteiger partial charge < -0.3 is 14.9 Å². The molecule has 3 heterocycles. The highest BCUT2D eigenvalue weighted by atomic mass is 19.4. The summed E-state index contributed by atoms with van der Waals surface area (Å²) in [5.74, 6) is 6.92. The number of aryl methyl sites for hydroxylation is 2. The van der Waals surface area contributed by atoms with Crippen molar-refractivity contribution in [3.05, 3.63) is 69.4 Å². The Morgan fingerprint density at radius 2 is 1.85 bits per heavy atom. The van der Waals surface area contributed by atoms with Crippen molar-refractivity contribution in [2.45, 2.75) is 64.0 Å². The Morgan fingerprint density at radius 3 is 2.44 bits per heavy atom. The number of nitriles is 1. The highest BCUT2D eigenvalue weighted by Crippen LogP contribution is 2.73. The molecule has 11 heteroatoms. The number of H-pyrrole nitrogens is 1. The van der Waals surface area contributed by atoms with Crippen LogP contribution in [0.1, 0.15) is 72.8 Å². The summed E-state index contributed by atoms with van der Waals surface area (Å²) in [6.45, 7) is 7.14. The van der Waals surface area contributed by atoms with Crippen molar-refractivity contribution in [1.82, 2.24) is 20.4 Å². The van der Waals surface area contributed by atoms with Gasteiger partial charge in [-0.05, 0) is 55.9 Å². The van der Waals surface area contributed by atoms with Gasteiger partial charge in [0.2, 0.25) is 23.5 Å². The first kappa shape index (κ1) is 25.1. The van der Waals surface area contributed by atoms with E-state index >= 15 is 0 Å². The third-order valence-corrected chi connectivity index (χ3v) is 8.33. The first-order valence-corrected chi connectivity index (χ1v) is 12.5. The third-order valence-electron chi connectivity index (χ3n) is 8.33. The molecule has 8 nitrogen and oxygen atoms in total. The lowest BCUT2D eigenvalue weighted by molar-refractivity contribution is -0.137. The number of aromatic amines is 1. The molecular formula is C28H25F3N6O2. The first-order chi connectivity index (χ1) is 18.3. The van der Waals surface area contributed by atoms with Gasteiger partial charge in [-0.15, -0.1) is 15.3 Å². The van der Waals surface area contributed by atoms with Crippen LogP contribution in [0.3, 0.4) is 0 Å². The van der Waals surface area contributed by atoms with Crippen LogP contribution in [0.4, 0.5) is 13.2 Å². The van der Waals surface area contributed by atoms with Crippen LogP contribution in [-0.4, -0.2) is 20.4 Å². The molecule has 0 amide bonds. The van der Waals surface area contributed by atoms with E-state index in [1.54, 1.807) is 19.9 Å². The number of benzene rings is 1. The van der Waals surface area contributed by atoms with Crippen molar-refractivity contribution in [1.29, 1.82) is 5.26 Å². The number of nitrogens with two attached hydrogens (primary N) is 1. The molecule has 1 unspecified atom stereocenters. The second-order valence-corrected chi connectivity index (χ2v) is 11.2. The zero-order chi connectivity index (χ0) is 28.0. The van der Waals surface area contributed by atoms with Gasteiger partial charge in [-0.3, -0.25) is 5.10 Å². The number of ether oxygens (including phenoxy) is 1.